The number of carbonyl (C=O) groups is 2. The SMILES string of the molecule is C=CCNC(=O)NC(=O)CSc1nnc(Nc2ccc(CC)cc2)s1. The number of nitrogens with zero attached hydrogens (tertiary/aromatic N) is 2. The summed E-state index contributed by atoms with van der Waals surface area (Å²) in [6.45, 7) is 5.89. The molecular formula is C16H19N5O2S2. The summed E-state index contributed by atoms with van der Waals surface area (Å²) in [5, 5.41) is 16.6. The average Bonchev–Trinajstić information content (AvgIpc) is 3.06. The van der Waals surface area contributed by atoms with E-state index in [0.29, 0.717) is 16.0 Å². The van der Waals surface area contributed by atoms with Crippen molar-refractivity contribution in [3.05, 3.63) is 42.5 Å². The third kappa shape index (κ3) is 6.55. The topological polar surface area (TPSA) is 96.0 Å². The number of aryl methyl sites for hydroxylation is 1. The first-order chi connectivity index (χ1) is 12.1. The van der Waals surface area contributed by atoms with Gasteiger partial charge in [0.2, 0.25) is 11.0 Å². The second-order valence-corrected chi connectivity index (χ2v) is 7.08. The third-order valence-electron chi connectivity index (χ3n) is 3.01. The van der Waals surface area contributed by atoms with Crippen molar-refractivity contribution in [1.29, 1.82) is 0 Å². The van der Waals surface area contributed by atoms with Gasteiger partial charge in [-0.2, -0.15) is 0 Å². The normalized spacial score (nSPS) is 10.1. The van der Waals surface area contributed by atoms with Crippen molar-refractivity contribution < 1.29 is 9.59 Å². The van der Waals surface area contributed by atoms with E-state index in [1.165, 1.54) is 34.7 Å². The van der Waals surface area contributed by atoms with Crippen molar-refractivity contribution >= 4 is 45.9 Å². The molecule has 0 radical (unpaired) electrons. The van der Waals surface area contributed by atoms with Gasteiger partial charge in [0.1, 0.15) is 0 Å². The molecule has 3 N–H and O–H groups in total. The molecule has 9 heteroatoms. The maximum absolute atomic E-state index is 11.7. The fourth-order valence-electron chi connectivity index (χ4n) is 1.76. The summed E-state index contributed by atoms with van der Waals surface area (Å²) in [5.74, 6) is -0.312. The van der Waals surface area contributed by atoms with Gasteiger partial charge in [0.25, 0.3) is 0 Å². The molecule has 1 aromatic carbocycles. The first kappa shape index (κ1) is 18.9. The summed E-state index contributed by atoms with van der Waals surface area (Å²) in [5.41, 5.74) is 2.20. The highest BCUT2D eigenvalue weighted by atomic mass is 32.2. The second-order valence-electron chi connectivity index (χ2n) is 4.88. The number of urea groups is 1. The Kier molecular flexibility index (Phi) is 7.42. The zero-order chi connectivity index (χ0) is 18.1. The maximum atomic E-state index is 11.7. The highest BCUT2D eigenvalue weighted by Gasteiger charge is 2.10. The quantitative estimate of drug-likeness (QED) is 0.483. The van der Waals surface area contributed by atoms with E-state index in [2.05, 4.69) is 51.8 Å². The fraction of sp³-hybridized carbons (Fsp3) is 0.250. The number of nitrogens with one attached hydrogen (secondary N) is 3. The lowest BCUT2D eigenvalue weighted by atomic mass is 10.1. The molecule has 0 unspecified atom stereocenters. The van der Waals surface area contributed by atoms with E-state index in [9.17, 15) is 9.59 Å². The van der Waals surface area contributed by atoms with Crippen LogP contribution in [0.5, 0.6) is 0 Å². The molecule has 0 aliphatic carbocycles. The second kappa shape index (κ2) is 9.80. The molecule has 3 amide bonds. The molecule has 1 aromatic heterocycles. The maximum Gasteiger partial charge on any atom is 0.321 e. The van der Waals surface area contributed by atoms with Crippen LogP contribution in [0.2, 0.25) is 0 Å². The molecule has 2 aromatic rings. The Hall–Kier alpha value is -2.39. The van der Waals surface area contributed by atoms with E-state index in [1.54, 1.807) is 0 Å². The van der Waals surface area contributed by atoms with Crippen LogP contribution in [0, 0.1) is 0 Å². The van der Waals surface area contributed by atoms with Crippen LogP contribution in [0.1, 0.15) is 12.5 Å². The Morgan fingerprint density at radius 3 is 2.72 bits per heavy atom. The lowest BCUT2D eigenvalue weighted by Crippen LogP contribution is -2.40. The van der Waals surface area contributed by atoms with Crippen molar-refractivity contribution in [2.24, 2.45) is 0 Å². The first-order valence-corrected chi connectivity index (χ1v) is 9.41. The monoisotopic (exact) mass is 377 g/mol. The lowest BCUT2D eigenvalue weighted by molar-refractivity contribution is -0.117. The molecule has 0 saturated heterocycles. The summed E-state index contributed by atoms with van der Waals surface area (Å²) in [6, 6.07) is 7.55. The van der Waals surface area contributed by atoms with Crippen LogP contribution in [0.3, 0.4) is 0 Å². The molecule has 0 saturated carbocycles. The number of hydrogen-bond donors (Lipinski definition) is 3. The number of imide groups is 1. The summed E-state index contributed by atoms with van der Waals surface area (Å²) in [4.78, 5) is 23.0. The number of carbonyl (C=O) groups excluding carboxylic acids is 2. The van der Waals surface area contributed by atoms with Gasteiger partial charge in [-0.15, -0.1) is 16.8 Å². The number of benzene rings is 1. The molecule has 132 valence electrons. The Balaban J connectivity index is 1.79. The molecule has 2 rings (SSSR count). The van der Waals surface area contributed by atoms with Gasteiger partial charge in [0, 0.05) is 12.2 Å². The largest absolute Gasteiger partial charge is 0.334 e. The van der Waals surface area contributed by atoms with E-state index in [1.807, 2.05) is 12.1 Å². The molecule has 7 nitrogen and oxygen atoms in total. The Labute approximate surface area is 154 Å². The number of amides is 3. The molecule has 0 bridgehead atoms. The smallest absolute Gasteiger partial charge is 0.321 e. The minimum atomic E-state index is -0.541. The van der Waals surface area contributed by atoms with Crippen LogP contribution >= 0.6 is 23.1 Å². The van der Waals surface area contributed by atoms with Crippen LogP contribution < -0.4 is 16.0 Å². The van der Waals surface area contributed by atoms with Gasteiger partial charge >= 0.3 is 6.03 Å². The van der Waals surface area contributed by atoms with E-state index in [0.717, 1.165) is 12.1 Å². The summed E-state index contributed by atoms with van der Waals surface area (Å²) >= 11 is 2.57. The molecule has 0 fully saturated rings. The molecular weight excluding hydrogens is 358 g/mol. The van der Waals surface area contributed by atoms with E-state index in [-0.39, 0.29) is 5.75 Å². The van der Waals surface area contributed by atoms with Gasteiger partial charge in [-0.3, -0.25) is 10.1 Å². The van der Waals surface area contributed by atoms with Gasteiger partial charge in [-0.05, 0) is 24.1 Å². The molecule has 0 aliphatic heterocycles. The lowest BCUT2D eigenvalue weighted by Gasteiger charge is -2.03. The van der Waals surface area contributed by atoms with E-state index < -0.39 is 11.9 Å². The van der Waals surface area contributed by atoms with Crippen LogP contribution in [0.15, 0.2) is 41.3 Å². The molecule has 0 aliphatic rings. The highest BCUT2D eigenvalue weighted by Crippen LogP contribution is 2.27. The minimum absolute atomic E-state index is 0.0847. The predicted molar refractivity (Wildman–Crippen MR) is 101 cm³/mol. The zero-order valence-corrected chi connectivity index (χ0v) is 15.4. The number of aromatic nitrogens is 2. The van der Waals surface area contributed by atoms with E-state index in [4.69, 9.17) is 0 Å². The zero-order valence-electron chi connectivity index (χ0n) is 13.7. The van der Waals surface area contributed by atoms with Gasteiger partial charge < -0.3 is 10.6 Å². The van der Waals surface area contributed by atoms with Crippen LogP contribution in [-0.4, -0.2) is 34.4 Å². The average molecular weight is 377 g/mol. The number of anilines is 2. The predicted octanol–water partition coefficient (Wildman–Crippen LogP) is 2.95. The highest BCUT2D eigenvalue weighted by molar-refractivity contribution is 8.01. The van der Waals surface area contributed by atoms with Crippen LogP contribution in [0.4, 0.5) is 15.6 Å². The van der Waals surface area contributed by atoms with Crippen LogP contribution in [-0.2, 0) is 11.2 Å². The van der Waals surface area contributed by atoms with Gasteiger partial charge in [0.15, 0.2) is 4.34 Å². The number of rotatable bonds is 8. The van der Waals surface area contributed by atoms with Crippen molar-refractivity contribution in [1.82, 2.24) is 20.8 Å². The molecule has 0 atom stereocenters. The molecule has 1 heterocycles. The Bertz CT molecular complexity index is 730. The third-order valence-corrected chi connectivity index (χ3v) is 4.98. The van der Waals surface area contributed by atoms with Crippen molar-refractivity contribution in [2.75, 3.05) is 17.6 Å². The molecule has 25 heavy (non-hydrogen) atoms. The van der Waals surface area contributed by atoms with Gasteiger partial charge in [-0.1, -0.05) is 48.2 Å². The van der Waals surface area contributed by atoms with E-state index >= 15 is 0 Å². The summed E-state index contributed by atoms with van der Waals surface area (Å²) < 4.78 is 0.648. The fourth-order valence-corrected chi connectivity index (χ4v) is 3.34. The van der Waals surface area contributed by atoms with Crippen molar-refractivity contribution in [3.8, 4) is 0 Å². The van der Waals surface area contributed by atoms with Gasteiger partial charge in [0.05, 0.1) is 5.75 Å². The first-order valence-electron chi connectivity index (χ1n) is 7.61. The minimum Gasteiger partial charge on any atom is -0.334 e. The molecule has 0 spiro atoms. The standard InChI is InChI=1S/C16H19N5O2S2/c1-3-9-17-14(23)19-13(22)10-24-16-21-20-15(25-16)18-12-7-5-11(4-2)6-8-12/h3,5-8H,1,4,9-10H2,2H3,(H,18,20)(H2,17,19,22,23). The van der Waals surface area contributed by atoms with Gasteiger partial charge in [-0.25, -0.2) is 4.79 Å². The number of hydrogen-bond acceptors (Lipinski definition) is 7. The summed E-state index contributed by atoms with van der Waals surface area (Å²) in [6.07, 6.45) is 2.53. The van der Waals surface area contributed by atoms with Crippen LogP contribution in [0.25, 0.3) is 0 Å². The van der Waals surface area contributed by atoms with Crippen molar-refractivity contribution in [2.45, 2.75) is 17.7 Å². The van der Waals surface area contributed by atoms with Crippen molar-refractivity contribution in [3.63, 3.8) is 0 Å². The number of thioether (sulfide) groups is 1. The Morgan fingerprint density at radius 1 is 1.28 bits per heavy atom. The summed E-state index contributed by atoms with van der Waals surface area (Å²) in [7, 11) is 0. The Morgan fingerprint density at radius 2 is 2.04 bits per heavy atom.